The van der Waals surface area contributed by atoms with Crippen molar-refractivity contribution in [3.63, 3.8) is 0 Å². The van der Waals surface area contributed by atoms with Crippen molar-refractivity contribution in [2.75, 3.05) is 11.4 Å². The molecule has 0 radical (unpaired) electrons. The van der Waals surface area contributed by atoms with E-state index in [0.717, 1.165) is 6.54 Å². The van der Waals surface area contributed by atoms with Crippen LogP contribution in [-0.2, 0) is 4.79 Å². The largest absolute Gasteiger partial charge is 0.368 e. The average molecular weight is 239 g/mol. The molecule has 3 rings (SSSR count). The number of rotatable bonds is 1. The van der Waals surface area contributed by atoms with E-state index in [1.165, 1.54) is 16.5 Å². The Morgan fingerprint density at radius 3 is 2.67 bits per heavy atom. The molecule has 2 heteroatoms. The zero-order valence-electron chi connectivity index (χ0n) is 10.6. The van der Waals surface area contributed by atoms with Crippen LogP contribution in [0.3, 0.4) is 0 Å². The van der Waals surface area contributed by atoms with Crippen LogP contribution in [0, 0.1) is 0 Å². The zero-order chi connectivity index (χ0) is 12.5. The molecule has 18 heavy (non-hydrogen) atoms. The van der Waals surface area contributed by atoms with Gasteiger partial charge in [-0.25, -0.2) is 0 Å². The monoisotopic (exact) mass is 239 g/mol. The molecule has 0 bridgehead atoms. The first-order valence-corrected chi connectivity index (χ1v) is 6.51. The van der Waals surface area contributed by atoms with Crippen molar-refractivity contribution >= 4 is 22.2 Å². The van der Waals surface area contributed by atoms with Crippen LogP contribution in [-0.4, -0.2) is 18.4 Å². The smallest absolute Gasteiger partial charge is 0.136 e. The minimum Gasteiger partial charge on any atom is -0.368 e. The van der Waals surface area contributed by atoms with Gasteiger partial charge in [0.2, 0.25) is 0 Å². The molecule has 0 saturated carbocycles. The first-order chi connectivity index (χ1) is 8.74. The van der Waals surface area contributed by atoms with Gasteiger partial charge >= 0.3 is 0 Å². The van der Waals surface area contributed by atoms with Crippen LogP contribution < -0.4 is 4.90 Å². The maximum atomic E-state index is 11.4. The number of anilines is 1. The van der Waals surface area contributed by atoms with E-state index in [1.54, 1.807) is 0 Å². The number of nitrogens with zero attached hydrogens (tertiary/aromatic N) is 1. The highest BCUT2D eigenvalue weighted by Crippen LogP contribution is 2.26. The van der Waals surface area contributed by atoms with E-state index >= 15 is 0 Å². The highest BCUT2D eigenvalue weighted by Gasteiger charge is 2.23. The molecule has 1 atom stereocenters. The number of fused-ring (bicyclic) bond motifs is 1. The second kappa shape index (κ2) is 4.45. The Hall–Kier alpha value is -1.83. The SMILES string of the molecule is CC1CC(=O)CCN1c1ccc2ccccc2c1. The zero-order valence-corrected chi connectivity index (χ0v) is 10.6. The molecule has 1 aliphatic heterocycles. The van der Waals surface area contributed by atoms with Gasteiger partial charge in [-0.2, -0.15) is 0 Å². The highest BCUT2D eigenvalue weighted by atomic mass is 16.1. The molecular formula is C16H17NO. The third-order valence-corrected chi connectivity index (χ3v) is 3.75. The Morgan fingerprint density at radius 2 is 1.89 bits per heavy atom. The fourth-order valence-electron chi connectivity index (χ4n) is 2.75. The summed E-state index contributed by atoms with van der Waals surface area (Å²) < 4.78 is 0. The molecule has 0 spiro atoms. The lowest BCUT2D eigenvalue weighted by Crippen LogP contribution is -2.41. The normalized spacial score (nSPS) is 20.4. The van der Waals surface area contributed by atoms with Gasteiger partial charge in [-0.15, -0.1) is 0 Å². The maximum Gasteiger partial charge on any atom is 0.136 e. The van der Waals surface area contributed by atoms with Gasteiger partial charge in [-0.1, -0.05) is 30.3 Å². The maximum absolute atomic E-state index is 11.4. The average Bonchev–Trinajstić information content (AvgIpc) is 2.38. The second-order valence-electron chi connectivity index (χ2n) is 5.07. The molecule has 0 N–H and O–H groups in total. The Morgan fingerprint density at radius 1 is 1.11 bits per heavy atom. The third kappa shape index (κ3) is 1.99. The quantitative estimate of drug-likeness (QED) is 0.760. The summed E-state index contributed by atoms with van der Waals surface area (Å²) in [6, 6.07) is 15.2. The van der Waals surface area contributed by atoms with Crippen molar-refractivity contribution < 1.29 is 4.79 Å². The summed E-state index contributed by atoms with van der Waals surface area (Å²) in [4.78, 5) is 13.8. The lowest BCUT2D eigenvalue weighted by atomic mass is 10.0. The first-order valence-electron chi connectivity index (χ1n) is 6.51. The van der Waals surface area contributed by atoms with E-state index in [0.29, 0.717) is 24.7 Å². The van der Waals surface area contributed by atoms with Crippen LogP contribution in [0.2, 0.25) is 0 Å². The molecule has 0 aliphatic carbocycles. The predicted octanol–water partition coefficient (Wildman–Crippen LogP) is 3.40. The van der Waals surface area contributed by atoms with Gasteiger partial charge in [0, 0.05) is 31.1 Å². The molecule has 1 aliphatic rings. The van der Waals surface area contributed by atoms with Gasteiger partial charge in [0.25, 0.3) is 0 Å². The van der Waals surface area contributed by atoms with Crippen molar-refractivity contribution in [1.29, 1.82) is 0 Å². The molecule has 2 nitrogen and oxygen atoms in total. The Kier molecular flexibility index (Phi) is 2.78. The van der Waals surface area contributed by atoms with Crippen molar-refractivity contribution in [3.05, 3.63) is 42.5 Å². The van der Waals surface area contributed by atoms with Crippen LogP contribution in [0.15, 0.2) is 42.5 Å². The molecule has 0 amide bonds. The minimum absolute atomic E-state index is 0.312. The van der Waals surface area contributed by atoms with Crippen molar-refractivity contribution in [2.45, 2.75) is 25.8 Å². The van der Waals surface area contributed by atoms with E-state index in [1.807, 2.05) is 0 Å². The molecule has 92 valence electrons. The van der Waals surface area contributed by atoms with Crippen LogP contribution in [0.4, 0.5) is 5.69 Å². The third-order valence-electron chi connectivity index (χ3n) is 3.75. The Labute approximate surface area is 107 Å². The highest BCUT2D eigenvalue weighted by molar-refractivity contribution is 5.87. The fraction of sp³-hybridized carbons (Fsp3) is 0.312. The van der Waals surface area contributed by atoms with E-state index in [9.17, 15) is 4.79 Å². The molecule has 1 unspecified atom stereocenters. The minimum atomic E-state index is 0.312. The number of ketones is 1. The van der Waals surface area contributed by atoms with Crippen LogP contribution in [0.5, 0.6) is 0 Å². The summed E-state index contributed by atoms with van der Waals surface area (Å²) in [5.41, 5.74) is 1.23. The number of benzene rings is 2. The molecule has 1 fully saturated rings. The number of carbonyl (C=O) groups excluding carboxylic acids is 1. The summed E-state index contributed by atoms with van der Waals surface area (Å²) in [7, 11) is 0. The summed E-state index contributed by atoms with van der Waals surface area (Å²) >= 11 is 0. The molecule has 0 aromatic heterocycles. The van der Waals surface area contributed by atoms with Crippen LogP contribution >= 0.6 is 0 Å². The summed E-state index contributed by atoms with van der Waals surface area (Å²) in [6.45, 7) is 2.98. The summed E-state index contributed by atoms with van der Waals surface area (Å²) in [5, 5.41) is 2.53. The number of Topliss-reactive ketones (excluding diaryl/α,β-unsaturated/α-hetero) is 1. The molecule has 2 aromatic rings. The van der Waals surface area contributed by atoms with Crippen LogP contribution in [0.1, 0.15) is 19.8 Å². The standard InChI is InChI=1S/C16H17NO/c1-12-10-16(18)8-9-17(12)15-7-6-13-4-2-3-5-14(13)11-15/h2-7,11-12H,8-10H2,1H3. The van der Waals surface area contributed by atoms with E-state index < -0.39 is 0 Å². The molecular weight excluding hydrogens is 222 g/mol. The van der Waals surface area contributed by atoms with Gasteiger partial charge in [-0.3, -0.25) is 4.79 Å². The molecule has 1 saturated heterocycles. The first kappa shape index (κ1) is 11.3. The lowest BCUT2D eigenvalue weighted by molar-refractivity contribution is -0.120. The van der Waals surface area contributed by atoms with E-state index in [-0.39, 0.29) is 0 Å². The topological polar surface area (TPSA) is 20.3 Å². The van der Waals surface area contributed by atoms with Crippen molar-refractivity contribution in [2.24, 2.45) is 0 Å². The number of hydrogen-bond acceptors (Lipinski definition) is 2. The molecule has 1 heterocycles. The molecule has 2 aromatic carbocycles. The number of hydrogen-bond donors (Lipinski definition) is 0. The van der Waals surface area contributed by atoms with Gasteiger partial charge in [0.05, 0.1) is 0 Å². The Bertz CT molecular complexity index is 590. The van der Waals surface area contributed by atoms with E-state index in [2.05, 4.69) is 54.3 Å². The second-order valence-corrected chi connectivity index (χ2v) is 5.07. The van der Waals surface area contributed by atoms with Gasteiger partial charge in [0.15, 0.2) is 0 Å². The summed E-state index contributed by atoms with van der Waals surface area (Å²) in [5.74, 6) is 0.388. The van der Waals surface area contributed by atoms with Gasteiger partial charge in [0.1, 0.15) is 5.78 Å². The van der Waals surface area contributed by atoms with Crippen molar-refractivity contribution in [1.82, 2.24) is 0 Å². The van der Waals surface area contributed by atoms with E-state index in [4.69, 9.17) is 0 Å². The van der Waals surface area contributed by atoms with Gasteiger partial charge < -0.3 is 4.90 Å². The van der Waals surface area contributed by atoms with Gasteiger partial charge in [-0.05, 0) is 29.8 Å². The lowest BCUT2D eigenvalue weighted by Gasteiger charge is -2.34. The number of piperidine rings is 1. The van der Waals surface area contributed by atoms with Crippen molar-refractivity contribution in [3.8, 4) is 0 Å². The Balaban J connectivity index is 1.96. The predicted molar refractivity (Wildman–Crippen MR) is 75.0 cm³/mol. The van der Waals surface area contributed by atoms with Crippen LogP contribution in [0.25, 0.3) is 10.8 Å². The summed E-state index contributed by atoms with van der Waals surface area (Å²) in [6.07, 6.45) is 1.35. The number of carbonyl (C=O) groups is 1. The fourth-order valence-corrected chi connectivity index (χ4v) is 2.75.